The van der Waals surface area contributed by atoms with E-state index in [1.807, 2.05) is 32.0 Å². The van der Waals surface area contributed by atoms with E-state index in [0.29, 0.717) is 36.1 Å². The maximum Gasteiger partial charge on any atom is 0.227 e. The van der Waals surface area contributed by atoms with Gasteiger partial charge in [-0.15, -0.1) is 0 Å². The van der Waals surface area contributed by atoms with Crippen molar-refractivity contribution >= 4 is 17.5 Å². The maximum absolute atomic E-state index is 11.8. The lowest BCUT2D eigenvalue weighted by Gasteiger charge is -2.04. The number of benzene rings is 1. The van der Waals surface area contributed by atoms with Crippen molar-refractivity contribution in [3.63, 3.8) is 0 Å². The molecular weight excluding hydrogens is 290 g/mol. The number of hydrogen-bond acceptors (Lipinski definition) is 4. The average Bonchev–Trinajstić information content (AvgIpc) is 2.92. The third-order valence-electron chi connectivity index (χ3n) is 2.94. The van der Waals surface area contributed by atoms with E-state index in [-0.39, 0.29) is 11.8 Å². The van der Waals surface area contributed by atoms with Crippen molar-refractivity contribution in [2.75, 3.05) is 0 Å². The Morgan fingerprint density at radius 3 is 2.90 bits per heavy atom. The summed E-state index contributed by atoms with van der Waals surface area (Å²) in [7, 11) is 0. The van der Waals surface area contributed by atoms with E-state index in [1.165, 1.54) is 0 Å². The largest absolute Gasteiger partial charge is 0.352 e. The number of hydrogen-bond donors (Lipinski definition) is 1. The second-order valence-corrected chi connectivity index (χ2v) is 5.54. The molecule has 21 heavy (non-hydrogen) atoms. The summed E-state index contributed by atoms with van der Waals surface area (Å²) in [5, 5.41) is 7.36. The Balaban J connectivity index is 1.76. The molecule has 0 bridgehead atoms. The number of amides is 1. The highest BCUT2D eigenvalue weighted by Gasteiger charge is 2.11. The fourth-order valence-electron chi connectivity index (χ4n) is 1.76. The smallest absolute Gasteiger partial charge is 0.227 e. The first-order valence-corrected chi connectivity index (χ1v) is 7.26. The van der Waals surface area contributed by atoms with Crippen LogP contribution in [0.5, 0.6) is 0 Å². The van der Waals surface area contributed by atoms with Gasteiger partial charge in [0, 0.05) is 30.3 Å². The predicted octanol–water partition coefficient (Wildman–Crippen LogP) is 3.10. The van der Waals surface area contributed by atoms with Gasteiger partial charge in [0.1, 0.15) is 0 Å². The lowest BCUT2D eigenvalue weighted by molar-refractivity contribution is -0.121. The number of carbonyl (C=O) groups is 1. The van der Waals surface area contributed by atoms with Gasteiger partial charge in [-0.25, -0.2) is 0 Å². The third-order valence-corrected chi connectivity index (χ3v) is 3.18. The Morgan fingerprint density at radius 2 is 2.24 bits per heavy atom. The Kier molecular flexibility index (Phi) is 5.33. The van der Waals surface area contributed by atoms with Crippen molar-refractivity contribution in [3.8, 4) is 0 Å². The lowest BCUT2D eigenvalue weighted by atomic mass is 10.2. The molecule has 1 aromatic carbocycles. The van der Waals surface area contributed by atoms with Gasteiger partial charge in [0.05, 0.1) is 0 Å². The molecule has 1 N–H and O–H groups in total. The minimum atomic E-state index is -0.0562. The fourth-order valence-corrected chi connectivity index (χ4v) is 1.97. The van der Waals surface area contributed by atoms with Crippen LogP contribution >= 0.6 is 11.6 Å². The van der Waals surface area contributed by atoms with Gasteiger partial charge in [0.15, 0.2) is 5.82 Å². The molecule has 1 aromatic heterocycles. The zero-order chi connectivity index (χ0) is 15.2. The molecule has 1 amide bonds. The van der Waals surface area contributed by atoms with Crippen LogP contribution in [0.3, 0.4) is 0 Å². The number of nitrogens with one attached hydrogen (secondary N) is 1. The topological polar surface area (TPSA) is 68.0 Å². The highest BCUT2D eigenvalue weighted by Crippen LogP contribution is 2.11. The molecule has 2 rings (SSSR count). The van der Waals surface area contributed by atoms with Crippen LogP contribution in [0.2, 0.25) is 5.02 Å². The molecule has 0 atom stereocenters. The molecule has 6 heteroatoms. The van der Waals surface area contributed by atoms with Crippen LogP contribution < -0.4 is 5.32 Å². The van der Waals surface area contributed by atoms with E-state index in [2.05, 4.69) is 15.5 Å². The van der Waals surface area contributed by atoms with E-state index < -0.39 is 0 Å². The zero-order valence-electron chi connectivity index (χ0n) is 12.1. The first-order valence-electron chi connectivity index (χ1n) is 6.88. The van der Waals surface area contributed by atoms with Crippen LogP contribution in [0.15, 0.2) is 28.8 Å². The van der Waals surface area contributed by atoms with Gasteiger partial charge in [-0.2, -0.15) is 4.98 Å². The molecule has 0 fully saturated rings. The van der Waals surface area contributed by atoms with Crippen LogP contribution in [0.1, 0.15) is 43.5 Å². The SMILES string of the molecule is CC(C)c1noc(CCC(=O)NCc2cccc(Cl)c2)n1. The molecular formula is C15H18ClN3O2. The standard InChI is InChI=1S/C15H18ClN3O2/c1-10(2)15-18-14(21-19-15)7-6-13(20)17-9-11-4-3-5-12(16)8-11/h3-5,8,10H,6-7,9H2,1-2H3,(H,17,20). The number of rotatable bonds is 6. The second-order valence-electron chi connectivity index (χ2n) is 5.11. The van der Waals surface area contributed by atoms with Crippen molar-refractivity contribution in [2.24, 2.45) is 0 Å². The Hall–Kier alpha value is -1.88. The monoisotopic (exact) mass is 307 g/mol. The molecule has 0 aliphatic rings. The summed E-state index contributed by atoms with van der Waals surface area (Å²) < 4.78 is 5.10. The summed E-state index contributed by atoms with van der Waals surface area (Å²) in [5.41, 5.74) is 0.968. The van der Waals surface area contributed by atoms with E-state index in [1.54, 1.807) is 6.07 Å². The summed E-state index contributed by atoms with van der Waals surface area (Å²) in [6.45, 7) is 4.44. The van der Waals surface area contributed by atoms with Crippen molar-refractivity contribution in [2.45, 2.75) is 39.2 Å². The first kappa shape index (κ1) is 15.5. The molecule has 1 heterocycles. The molecule has 0 radical (unpaired) electrons. The number of aromatic nitrogens is 2. The molecule has 112 valence electrons. The van der Waals surface area contributed by atoms with E-state index in [0.717, 1.165) is 5.56 Å². The minimum absolute atomic E-state index is 0.0562. The van der Waals surface area contributed by atoms with E-state index >= 15 is 0 Å². The van der Waals surface area contributed by atoms with Crippen molar-refractivity contribution in [1.82, 2.24) is 15.5 Å². The Bertz CT molecular complexity index is 610. The van der Waals surface area contributed by atoms with E-state index in [4.69, 9.17) is 16.1 Å². The molecule has 5 nitrogen and oxygen atoms in total. The van der Waals surface area contributed by atoms with Crippen molar-refractivity contribution < 1.29 is 9.32 Å². The third kappa shape index (κ3) is 4.86. The summed E-state index contributed by atoms with van der Waals surface area (Å²) >= 11 is 5.89. The highest BCUT2D eigenvalue weighted by atomic mass is 35.5. The zero-order valence-corrected chi connectivity index (χ0v) is 12.9. The van der Waals surface area contributed by atoms with Gasteiger partial charge < -0.3 is 9.84 Å². The second kappa shape index (κ2) is 7.22. The first-order chi connectivity index (χ1) is 10.0. The molecule has 0 saturated heterocycles. The van der Waals surface area contributed by atoms with Gasteiger partial charge >= 0.3 is 0 Å². The van der Waals surface area contributed by atoms with Gasteiger partial charge in [0.2, 0.25) is 11.8 Å². The number of carbonyl (C=O) groups excluding carboxylic acids is 1. The van der Waals surface area contributed by atoms with Crippen LogP contribution in [0.25, 0.3) is 0 Å². The van der Waals surface area contributed by atoms with Gasteiger partial charge in [-0.3, -0.25) is 4.79 Å². The maximum atomic E-state index is 11.8. The minimum Gasteiger partial charge on any atom is -0.352 e. The number of aryl methyl sites for hydroxylation is 1. The van der Waals surface area contributed by atoms with Crippen LogP contribution in [-0.4, -0.2) is 16.0 Å². The normalized spacial score (nSPS) is 10.9. The average molecular weight is 308 g/mol. The van der Waals surface area contributed by atoms with Crippen molar-refractivity contribution in [1.29, 1.82) is 0 Å². The Labute approximate surface area is 128 Å². The quantitative estimate of drug-likeness (QED) is 0.890. The van der Waals surface area contributed by atoms with Crippen LogP contribution in [0, 0.1) is 0 Å². The Morgan fingerprint density at radius 1 is 1.43 bits per heavy atom. The molecule has 0 aliphatic carbocycles. The van der Waals surface area contributed by atoms with Crippen molar-refractivity contribution in [3.05, 3.63) is 46.6 Å². The summed E-state index contributed by atoms with van der Waals surface area (Å²) in [5.74, 6) is 1.33. The van der Waals surface area contributed by atoms with Gasteiger partial charge in [-0.1, -0.05) is 42.7 Å². The molecule has 2 aromatic rings. The van der Waals surface area contributed by atoms with Gasteiger partial charge in [0.25, 0.3) is 0 Å². The van der Waals surface area contributed by atoms with E-state index in [9.17, 15) is 4.79 Å². The predicted molar refractivity (Wildman–Crippen MR) is 80.0 cm³/mol. The highest BCUT2D eigenvalue weighted by molar-refractivity contribution is 6.30. The molecule has 0 aliphatic heterocycles. The molecule has 0 saturated carbocycles. The lowest BCUT2D eigenvalue weighted by Crippen LogP contribution is -2.23. The molecule has 0 unspecified atom stereocenters. The van der Waals surface area contributed by atoms with Crippen LogP contribution in [0.4, 0.5) is 0 Å². The number of halogens is 1. The molecule has 0 spiro atoms. The summed E-state index contributed by atoms with van der Waals surface area (Å²) in [6, 6.07) is 7.40. The van der Waals surface area contributed by atoms with Crippen LogP contribution in [-0.2, 0) is 17.8 Å². The summed E-state index contributed by atoms with van der Waals surface area (Å²) in [6.07, 6.45) is 0.765. The number of nitrogens with zero attached hydrogens (tertiary/aromatic N) is 2. The fraction of sp³-hybridized carbons (Fsp3) is 0.400. The van der Waals surface area contributed by atoms with Gasteiger partial charge in [-0.05, 0) is 17.7 Å². The summed E-state index contributed by atoms with van der Waals surface area (Å²) in [4.78, 5) is 16.0.